The van der Waals surface area contributed by atoms with Crippen molar-refractivity contribution in [2.24, 2.45) is 22.6 Å². The lowest BCUT2D eigenvalue weighted by Gasteiger charge is -2.25. The summed E-state index contributed by atoms with van der Waals surface area (Å²) < 4.78 is 0. The molecule has 1 aliphatic carbocycles. The Kier molecular flexibility index (Phi) is 8.52. The maximum atomic E-state index is 5.91. The number of nitrogens with zero attached hydrogens (tertiary/aromatic N) is 1. The number of aliphatic imine (C=N–C) groups is 1. The third-order valence-corrected chi connectivity index (χ3v) is 4.76. The number of thiophene rings is 1. The Morgan fingerprint density at radius 3 is 3.05 bits per heavy atom. The van der Waals surface area contributed by atoms with Crippen molar-refractivity contribution in [2.75, 3.05) is 13.1 Å². The minimum absolute atomic E-state index is 0. The van der Waals surface area contributed by atoms with Crippen molar-refractivity contribution < 1.29 is 0 Å². The van der Waals surface area contributed by atoms with E-state index in [9.17, 15) is 0 Å². The van der Waals surface area contributed by atoms with Crippen molar-refractivity contribution >= 4 is 41.3 Å². The van der Waals surface area contributed by atoms with Crippen LogP contribution in [0.3, 0.4) is 0 Å². The van der Waals surface area contributed by atoms with Crippen molar-refractivity contribution in [3.63, 3.8) is 0 Å². The van der Waals surface area contributed by atoms with Gasteiger partial charge in [-0.1, -0.05) is 25.8 Å². The van der Waals surface area contributed by atoms with Crippen LogP contribution in [-0.4, -0.2) is 19.0 Å². The van der Waals surface area contributed by atoms with Crippen LogP contribution in [0.4, 0.5) is 0 Å². The lowest BCUT2D eigenvalue weighted by atomic mass is 9.82. The SMILES string of the molecule is CC1CCCC(CN=C(N)NCCc2cccs2)C1.I. The maximum Gasteiger partial charge on any atom is 0.188 e. The lowest BCUT2D eigenvalue weighted by molar-refractivity contribution is 0.289. The fraction of sp³-hybridized carbons (Fsp3) is 0.667. The molecule has 114 valence electrons. The van der Waals surface area contributed by atoms with Crippen LogP contribution in [0.15, 0.2) is 22.5 Å². The van der Waals surface area contributed by atoms with E-state index in [1.807, 2.05) is 0 Å². The van der Waals surface area contributed by atoms with Gasteiger partial charge < -0.3 is 11.1 Å². The molecule has 3 nitrogen and oxygen atoms in total. The molecule has 1 fully saturated rings. The second-order valence-corrected chi connectivity index (χ2v) is 6.65. The summed E-state index contributed by atoms with van der Waals surface area (Å²) in [6.07, 6.45) is 6.39. The van der Waals surface area contributed by atoms with E-state index in [4.69, 9.17) is 5.73 Å². The van der Waals surface area contributed by atoms with Crippen molar-refractivity contribution in [1.29, 1.82) is 0 Å². The molecule has 0 aliphatic heterocycles. The Hall–Kier alpha value is -0.300. The number of nitrogens with one attached hydrogen (secondary N) is 1. The van der Waals surface area contributed by atoms with E-state index in [1.165, 1.54) is 30.6 Å². The first-order valence-corrected chi connectivity index (χ1v) is 8.18. The van der Waals surface area contributed by atoms with Gasteiger partial charge in [-0.15, -0.1) is 35.3 Å². The first-order chi connectivity index (χ1) is 9.24. The first-order valence-electron chi connectivity index (χ1n) is 7.30. The Labute approximate surface area is 143 Å². The monoisotopic (exact) mass is 407 g/mol. The third kappa shape index (κ3) is 6.43. The molecule has 1 saturated carbocycles. The van der Waals surface area contributed by atoms with E-state index in [-0.39, 0.29) is 24.0 Å². The van der Waals surface area contributed by atoms with Crippen LogP contribution < -0.4 is 11.1 Å². The third-order valence-electron chi connectivity index (χ3n) is 3.82. The van der Waals surface area contributed by atoms with Crippen molar-refractivity contribution in [3.05, 3.63) is 22.4 Å². The highest BCUT2D eigenvalue weighted by molar-refractivity contribution is 14.0. The highest BCUT2D eigenvalue weighted by Crippen LogP contribution is 2.28. The molecule has 5 heteroatoms. The number of hydrogen-bond acceptors (Lipinski definition) is 2. The van der Waals surface area contributed by atoms with Crippen molar-refractivity contribution in [1.82, 2.24) is 5.32 Å². The van der Waals surface area contributed by atoms with Crippen LogP contribution >= 0.6 is 35.3 Å². The smallest absolute Gasteiger partial charge is 0.188 e. The Balaban J connectivity index is 0.00000200. The zero-order valence-corrected chi connectivity index (χ0v) is 15.3. The molecular formula is C15H26IN3S. The van der Waals surface area contributed by atoms with Crippen LogP contribution in [0.1, 0.15) is 37.5 Å². The largest absolute Gasteiger partial charge is 0.370 e. The molecule has 1 aliphatic rings. The second kappa shape index (κ2) is 9.60. The van der Waals surface area contributed by atoms with E-state index >= 15 is 0 Å². The van der Waals surface area contributed by atoms with Crippen LogP contribution in [0.2, 0.25) is 0 Å². The molecule has 1 aromatic heterocycles. The standard InChI is InChI=1S/C15H25N3S.HI/c1-12-4-2-5-13(10-12)11-18-15(16)17-8-7-14-6-3-9-19-14;/h3,6,9,12-13H,2,4-5,7-8,10-11H2,1H3,(H3,16,17,18);1H. The molecule has 2 atom stereocenters. The molecule has 0 radical (unpaired) electrons. The number of halogens is 1. The minimum atomic E-state index is 0. The normalized spacial score (nSPS) is 23.1. The van der Waals surface area contributed by atoms with Gasteiger partial charge in [-0.25, -0.2) is 0 Å². The minimum Gasteiger partial charge on any atom is -0.370 e. The molecule has 0 aromatic carbocycles. The zero-order chi connectivity index (χ0) is 13.5. The number of guanidine groups is 1. The summed E-state index contributed by atoms with van der Waals surface area (Å²) in [5, 5.41) is 5.31. The van der Waals surface area contributed by atoms with E-state index in [0.717, 1.165) is 31.3 Å². The quantitative estimate of drug-likeness (QED) is 0.445. The van der Waals surface area contributed by atoms with Gasteiger partial charge in [-0.3, -0.25) is 4.99 Å². The van der Waals surface area contributed by atoms with Crippen molar-refractivity contribution in [2.45, 2.75) is 39.0 Å². The molecule has 2 rings (SSSR count). The van der Waals surface area contributed by atoms with Gasteiger partial charge in [0.1, 0.15) is 0 Å². The van der Waals surface area contributed by atoms with E-state index < -0.39 is 0 Å². The average Bonchev–Trinajstić information content (AvgIpc) is 2.90. The molecule has 0 bridgehead atoms. The van der Waals surface area contributed by atoms with Crippen LogP contribution in [-0.2, 0) is 6.42 Å². The highest BCUT2D eigenvalue weighted by Gasteiger charge is 2.18. The molecule has 20 heavy (non-hydrogen) atoms. The molecule has 3 N–H and O–H groups in total. The number of nitrogens with two attached hydrogens (primary N) is 1. The maximum absolute atomic E-state index is 5.91. The molecule has 0 spiro atoms. The van der Waals surface area contributed by atoms with Crippen LogP contribution in [0, 0.1) is 11.8 Å². The van der Waals surface area contributed by atoms with Crippen LogP contribution in [0.5, 0.6) is 0 Å². The lowest BCUT2D eigenvalue weighted by Crippen LogP contribution is -2.33. The topological polar surface area (TPSA) is 50.4 Å². The Morgan fingerprint density at radius 1 is 1.50 bits per heavy atom. The fourth-order valence-electron chi connectivity index (χ4n) is 2.78. The highest BCUT2D eigenvalue weighted by atomic mass is 127. The van der Waals surface area contributed by atoms with Gasteiger partial charge in [0.25, 0.3) is 0 Å². The Bertz CT molecular complexity index is 392. The fourth-order valence-corrected chi connectivity index (χ4v) is 3.49. The Morgan fingerprint density at radius 2 is 2.35 bits per heavy atom. The van der Waals surface area contributed by atoms with E-state index in [0.29, 0.717) is 5.96 Å². The van der Waals surface area contributed by atoms with Crippen LogP contribution in [0.25, 0.3) is 0 Å². The van der Waals surface area contributed by atoms with Gasteiger partial charge in [0, 0.05) is 18.0 Å². The number of hydrogen-bond donors (Lipinski definition) is 2. The average molecular weight is 407 g/mol. The molecule has 2 unspecified atom stereocenters. The zero-order valence-electron chi connectivity index (χ0n) is 12.2. The van der Waals surface area contributed by atoms with E-state index in [1.54, 1.807) is 11.3 Å². The molecule has 0 amide bonds. The summed E-state index contributed by atoms with van der Waals surface area (Å²) >= 11 is 1.79. The van der Waals surface area contributed by atoms with Crippen molar-refractivity contribution in [3.8, 4) is 0 Å². The van der Waals surface area contributed by atoms with E-state index in [2.05, 4.69) is 34.7 Å². The van der Waals surface area contributed by atoms with Gasteiger partial charge in [-0.05, 0) is 42.5 Å². The molecule has 0 saturated heterocycles. The van der Waals surface area contributed by atoms with Gasteiger partial charge in [0.15, 0.2) is 5.96 Å². The molecule has 1 aromatic rings. The summed E-state index contributed by atoms with van der Waals surface area (Å²) in [6.45, 7) is 4.11. The first kappa shape index (κ1) is 17.8. The van der Waals surface area contributed by atoms with Gasteiger partial charge in [-0.2, -0.15) is 0 Å². The summed E-state index contributed by atoms with van der Waals surface area (Å²) in [4.78, 5) is 5.88. The van der Waals surface area contributed by atoms with Gasteiger partial charge in [0.05, 0.1) is 0 Å². The summed E-state index contributed by atoms with van der Waals surface area (Å²) in [7, 11) is 0. The summed E-state index contributed by atoms with van der Waals surface area (Å²) in [5.41, 5.74) is 5.91. The predicted octanol–water partition coefficient (Wildman–Crippen LogP) is 3.64. The summed E-state index contributed by atoms with van der Waals surface area (Å²) in [5.74, 6) is 2.21. The second-order valence-electron chi connectivity index (χ2n) is 5.62. The summed E-state index contributed by atoms with van der Waals surface area (Å²) in [6, 6.07) is 4.24. The molecular weight excluding hydrogens is 381 g/mol. The molecule has 1 heterocycles. The predicted molar refractivity (Wildman–Crippen MR) is 99.1 cm³/mol. The van der Waals surface area contributed by atoms with Gasteiger partial charge in [0.2, 0.25) is 0 Å². The number of rotatable bonds is 5. The van der Waals surface area contributed by atoms with Gasteiger partial charge >= 0.3 is 0 Å².